The summed E-state index contributed by atoms with van der Waals surface area (Å²) in [6, 6.07) is 9.55. The number of epoxide rings is 2. The lowest BCUT2D eigenvalue weighted by molar-refractivity contribution is -0.283. The lowest BCUT2D eigenvalue weighted by Crippen LogP contribution is -2.76. The number of aliphatic hydroxyl groups excluding tert-OH is 2. The molecule has 6 aliphatic carbocycles. The number of ketones is 2. The third kappa shape index (κ3) is 4.71. The van der Waals surface area contributed by atoms with E-state index in [-0.39, 0.29) is 39.7 Å². The lowest BCUT2D eigenvalue weighted by Gasteiger charge is -2.67. The molecule has 0 aromatic heterocycles. The number of fused-ring (bicyclic) bond motifs is 11. The number of carbonyl (C=O) groups is 6. The van der Waals surface area contributed by atoms with Gasteiger partial charge in [0.15, 0.2) is 17.2 Å². The Morgan fingerprint density at radius 2 is 1.41 bits per heavy atom. The van der Waals surface area contributed by atoms with E-state index < -0.39 is 147 Å². The number of hydrogen-bond acceptors (Lipinski definition) is 16. The second-order valence-corrected chi connectivity index (χ2v) is 20.6. The second-order valence-electron chi connectivity index (χ2n) is 20.6. The van der Waals surface area contributed by atoms with Crippen LogP contribution >= 0.6 is 0 Å². The van der Waals surface area contributed by atoms with Gasteiger partial charge in [0, 0.05) is 76.6 Å². The Hall–Kier alpha value is -4.58. The van der Waals surface area contributed by atoms with Gasteiger partial charge in [0.2, 0.25) is 5.79 Å². The second kappa shape index (κ2) is 12.6. The number of nitrogens with two attached hydrogens (primary N) is 1. The van der Waals surface area contributed by atoms with Gasteiger partial charge >= 0.3 is 23.9 Å². The number of aliphatic hydroxyl groups is 3. The van der Waals surface area contributed by atoms with E-state index in [1.54, 1.807) is 31.2 Å². The van der Waals surface area contributed by atoms with Crippen molar-refractivity contribution in [2.45, 2.75) is 121 Å². The monoisotopic (exact) mass is 869 g/mol. The SMILES string of the molecule is CC(=O)O[C@H]1C2C([C@@H](O)[C@@H](N)[C@H]3C[C@@H]4O[C@@H]4[C@H](O)[C@]23C)[C@@H]2[C@@H](OC(=O)c3ccc4c(c3)C(=O)c3ccccc3C4=O)[C@@H]3[C@H]([C@H](C)[C@H]4O[C@]45OC(=O)[C@@](C)(O)[C@]35C)[C@@]2(C)[C@H]1OC(C)=O. The zero-order chi connectivity index (χ0) is 45.0. The van der Waals surface area contributed by atoms with Crippen LogP contribution in [-0.4, -0.2) is 117 Å². The van der Waals surface area contributed by atoms with Crippen molar-refractivity contribution in [3.63, 3.8) is 0 Å². The minimum atomic E-state index is -2.24. The fourth-order valence-corrected chi connectivity index (χ4v) is 15.4. The van der Waals surface area contributed by atoms with Crippen molar-refractivity contribution >= 4 is 35.4 Å². The van der Waals surface area contributed by atoms with E-state index >= 15 is 4.79 Å². The van der Waals surface area contributed by atoms with Crippen LogP contribution < -0.4 is 5.73 Å². The summed E-state index contributed by atoms with van der Waals surface area (Å²) in [6.07, 6.45) is -7.75. The molecule has 63 heavy (non-hydrogen) atoms. The predicted octanol–water partition coefficient (Wildman–Crippen LogP) is 1.88. The number of esters is 4. The van der Waals surface area contributed by atoms with Crippen molar-refractivity contribution in [3.05, 3.63) is 70.3 Å². The highest BCUT2D eigenvalue weighted by molar-refractivity contribution is 6.28. The lowest BCUT2D eigenvalue weighted by atomic mass is 9.40. The molecule has 16 heteroatoms. The average molecular weight is 870 g/mol. The molecule has 16 nitrogen and oxygen atoms in total. The van der Waals surface area contributed by atoms with E-state index in [2.05, 4.69) is 0 Å². The van der Waals surface area contributed by atoms with Crippen LogP contribution in [0.1, 0.15) is 97.1 Å². The Bertz CT molecular complexity index is 2470. The molecule has 3 heterocycles. The zero-order valence-corrected chi connectivity index (χ0v) is 35.8. The van der Waals surface area contributed by atoms with E-state index in [0.29, 0.717) is 6.42 Å². The highest BCUT2D eigenvalue weighted by atomic mass is 16.8. The largest absolute Gasteiger partial charge is 0.458 e. The molecule has 3 saturated heterocycles. The van der Waals surface area contributed by atoms with Crippen molar-refractivity contribution in [1.29, 1.82) is 0 Å². The van der Waals surface area contributed by atoms with Gasteiger partial charge in [0.1, 0.15) is 30.5 Å². The number of ether oxygens (including phenoxy) is 6. The molecule has 8 fully saturated rings. The quantitative estimate of drug-likeness (QED) is 0.166. The molecule has 0 radical (unpaired) electrons. The summed E-state index contributed by atoms with van der Waals surface area (Å²) in [6.45, 7) is 11.0. The molecule has 5 saturated carbocycles. The van der Waals surface area contributed by atoms with Crippen LogP contribution in [0.15, 0.2) is 42.5 Å². The Morgan fingerprint density at radius 1 is 0.794 bits per heavy atom. The van der Waals surface area contributed by atoms with Crippen LogP contribution in [0.3, 0.4) is 0 Å². The first-order chi connectivity index (χ1) is 29.6. The van der Waals surface area contributed by atoms with Gasteiger partial charge in [0.05, 0.1) is 29.3 Å². The molecule has 2 unspecified atom stereocenters. The van der Waals surface area contributed by atoms with E-state index in [1.807, 2.05) is 20.8 Å². The Kier molecular flexibility index (Phi) is 8.23. The van der Waals surface area contributed by atoms with E-state index in [4.69, 9.17) is 34.2 Å². The molecule has 11 rings (SSSR count). The third-order valence-corrected chi connectivity index (χ3v) is 18.2. The van der Waals surface area contributed by atoms with Crippen LogP contribution in [0, 0.1) is 57.7 Å². The highest BCUT2D eigenvalue weighted by Gasteiger charge is 2.93. The van der Waals surface area contributed by atoms with Gasteiger partial charge in [-0.15, -0.1) is 0 Å². The minimum absolute atomic E-state index is 0.00263. The zero-order valence-electron chi connectivity index (χ0n) is 35.8. The first kappa shape index (κ1) is 41.1. The van der Waals surface area contributed by atoms with Crippen LogP contribution in [0.2, 0.25) is 0 Å². The van der Waals surface area contributed by atoms with Crippen molar-refractivity contribution in [3.8, 4) is 0 Å². The van der Waals surface area contributed by atoms with Crippen molar-refractivity contribution in [2.24, 2.45) is 63.4 Å². The average Bonchev–Trinajstić information content (AvgIpc) is 4.15. The smallest absolute Gasteiger partial charge is 0.341 e. The summed E-state index contributed by atoms with van der Waals surface area (Å²) >= 11 is 0. The van der Waals surface area contributed by atoms with Gasteiger partial charge in [-0.25, -0.2) is 9.59 Å². The summed E-state index contributed by atoms with van der Waals surface area (Å²) < 4.78 is 37.8. The number of carbonyl (C=O) groups excluding carboxylic acids is 6. The van der Waals surface area contributed by atoms with Gasteiger partial charge in [-0.2, -0.15) is 0 Å². The molecule has 2 aromatic carbocycles. The third-order valence-electron chi connectivity index (χ3n) is 18.2. The molecule has 3 aliphatic heterocycles. The Morgan fingerprint density at radius 3 is 2.06 bits per heavy atom. The first-order valence-corrected chi connectivity index (χ1v) is 21.9. The Labute approximate surface area is 362 Å². The van der Waals surface area contributed by atoms with Gasteiger partial charge in [0.25, 0.3) is 0 Å². The van der Waals surface area contributed by atoms with Crippen LogP contribution in [0.4, 0.5) is 0 Å². The van der Waals surface area contributed by atoms with Crippen molar-refractivity contribution < 1.29 is 72.5 Å². The molecule has 21 atom stereocenters. The molecule has 0 amide bonds. The number of hydrogen-bond donors (Lipinski definition) is 4. The van der Waals surface area contributed by atoms with E-state index in [1.165, 1.54) is 39.0 Å². The van der Waals surface area contributed by atoms with Crippen LogP contribution in [0.5, 0.6) is 0 Å². The summed E-state index contributed by atoms with van der Waals surface area (Å²) in [7, 11) is 0. The summed E-state index contributed by atoms with van der Waals surface area (Å²) in [4.78, 5) is 83.1. The molecule has 9 aliphatic rings. The molecule has 2 aromatic rings. The number of rotatable bonds is 4. The maximum Gasteiger partial charge on any atom is 0.341 e. The normalized spacial score (nSPS) is 50.0. The first-order valence-electron chi connectivity index (χ1n) is 21.9. The topological polar surface area (TPSA) is 251 Å². The van der Waals surface area contributed by atoms with Crippen LogP contribution in [0.25, 0.3) is 0 Å². The summed E-state index contributed by atoms with van der Waals surface area (Å²) in [5.74, 6) is -11.8. The minimum Gasteiger partial charge on any atom is -0.458 e. The Balaban J connectivity index is 1.13. The molecular weight excluding hydrogens is 819 g/mol. The van der Waals surface area contributed by atoms with E-state index in [0.717, 1.165) is 0 Å². The molecule has 1 spiro atoms. The predicted molar refractivity (Wildman–Crippen MR) is 212 cm³/mol. The van der Waals surface area contributed by atoms with E-state index in [9.17, 15) is 39.3 Å². The van der Waals surface area contributed by atoms with Crippen molar-refractivity contribution in [1.82, 2.24) is 0 Å². The summed E-state index contributed by atoms with van der Waals surface area (Å²) in [5.41, 5.74) is 1.01. The van der Waals surface area contributed by atoms with Gasteiger partial charge in [-0.1, -0.05) is 45.0 Å². The molecular formula is C47H51NO15. The summed E-state index contributed by atoms with van der Waals surface area (Å²) in [5, 5.41) is 37.6. The maximum absolute atomic E-state index is 15.0. The molecule has 5 N–H and O–H groups in total. The molecule has 334 valence electrons. The molecule has 0 bridgehead atoms. The van der Waals surface area contributed by atoms with Crippen molar-refractivity contribution in [2.75, 3.05) is 0 Å². The number of benzene rings is 2. The standard InChI is InChI=1S/C47H51NO15/c1-16-27-30(45(6)46(7,57)42(56)63-47(45)39(16)62-47)36(61-41(55)19-12-13-22-23(14-19)33(52)21-11-9-8-10-20(21)32(22)51)28-26-29(37(58-17(2)49)40(44(27,28)5)59-18(3)50)43(4)24(31(48)34(26)53)15-25-35(60-25)38(43)54/h8-14,16,24-31,34-40,53-54,57H,15,48H2,1-7H3/t16-,24+,25-,26?,27-,28+,29?,30-,31-,34+,35-,36+,37-,38-,39+,40-,43-,44+,45-,46+,47-/m0/s1. The fraction of sp³-hybridized carbons (Fsp3) is 0.617. The van der Waals surface area contributed by atoms with Gasteiger partial charge in [-0.05, 0) is 56.2 Å². The van der Waals surface area contributed by atoms with Gasteiger partial charge < -0.3 is 49.5 Å². The van der Waals surface area contributed by atoms with Gasteiger partial charge in [-0.3, -0.25) is 19.2 Å². The fourth-order valence-electron chi connectivity index (χ4n) is 15.4. The maximum atomic E-state index is 15.0. The van der Waals surface area contributed by atoms with Crippen LogP contribution in [-0.2, 0) is 42.8 Å². The highest BCUT2D eigenvalue weighted by Crippen LogP contribution is 2.81.